The van der Waals surface area contributed by atoms with Crippen LogP contribution in [0.15, 0.2) is 77.6 Å². The van der Waals surface area contributed by atoms with E-state index in [1.807, 2.05) is 12.1 Å². The molecule has 0 aliphatic rings. The number of methoxy groups -OCH3 is 1. The Morgan fingerprint density at radius 2 is 1.86 bits per heavy atom. The number of para-hydroxylation sites is 1. The topological polar surface area (TPSA) is 84.1 Å². The van der Waals surface area contributed by atoms with Gasteiger partial charge in [0.1, 0.15) is 16.5 Å². The van der Waals surface area contributed by atoms with Crippen LogP contribution < -0.4 is 24.8 Å². The standard InChI is InChI=1S/C26H17Cl2N3O3S/c1-34-20-9-5-6-18(14-20)30-24(32)21(15-29)26-31(19-7-3-2-4-8-19)25(33)23(35-26)12-16-10-11-17(27)13-22(16)28/h2-14H,1H3,(H,30,32)/b23-12+,26-21-. The minimum absolute atomic E-state index is 0.195. The van der Waals surface area contributed by atoms with Crippen LogP contribution in [0.25, 0.3) is 17.3 Å². The van der Waals surface area contributed by atoms with Gasteiger partial charge in [0, 0.05) is 21.8 Å². The molecule has 0 aliphatic heterocycles. The van der Waals surface area contributed by atoms with Crippen LogP contribution >= 0.6 is 34.5 Å². The molecule has 0 saturated heterocycles. The van der Waals surface area contributed by atoms with Gasteiger partial charge in [-0.05, 0) is 48.0 Å². The molecule has 35 heavy (non-hydrogen) atoms. The van der Waals surface area contributed by atoms with Gasteiger partial charge < -0.3 is 10.1 Å². The summed E-state index contributed by atoms with van der Waals surface area (Å²) >= 11 is 13.3. The molecule has 0 saturated carbocycles. The quantitative estimate of drug-likeness (QED) is 0.423. The van der Waals surface area contributed by atoms with E-state index in [4.69, 9.17) is 27.9 Å². The van der Waals surface area contributed by atoms with Gasteiger partial charge in [-0.25, -0.2) is 0 Å². The predicted molar refractivity (Wildman–Crippen MR) is 140 cm³/mol. The molecule has 6 nitrogen and oxygen atoms in total. The van der Waals surface area contributed by atoms with Gasteiger partial charge >= 0.3 is 0 Å². The number of carbonyl (C=O) groups is 1. The minimum Gasteiger partial charge on any atom is -0.497 e. The van der Waals surface area contributed by atoms with Crippen LogP contribution in [0.5, 0.6) is 5.75 Å². The Bertz CT molecular complexity index is 1640. The summed E-state index contributed by atoms with van der Waals surface area (Å²) < 4.78 is 7.03. The number of hydrogen-bond donors (Lipinski definition) is 1. The van der Waals surface area contributed by atoms with Crippen LogP contribution in [0.4, 0.5) is 5.69 Å². The molecule has 0 atom stereocenters. The predicted octanol–water partition coefficient (Wildman–Crippen LogP) is 4.36. The summed E-state index contributed by atoms with van der Waals surface area (Å²) in [5.41, 5.74) is 0.963. The number of hydrogen-bond acceptors (Lipinski definition) is 5. The van der Waals surface area contributed by atoms with Crippen molar-refractivity contribution in [1.29, 1.82) is 5.26 Å². The fraction of sp³-hybridized carbons (Fsp3) is 0.0385. The number of thiazole rings is 1. The summed E-state index contributed by atoms with van der Waals surface area (Å²) in [4.78, 5) is 26.6. The van der Waals surface area contributed by atoms with Crippen molar-refractivity contribution in [2.75, 3.05) is 12.4 Å². The van der Waals surface area contributed by atoms with Crippen molar-refractivity contribution >= 4 is 57.8 Å². The van der Waals surface area contributed by atoms with Gasteiger partial charge in [0.05, 0.1) is 17.3 Å². The number of amides is 1. The Labute approximate surface area is 214 Å². The lowest BCUT2D eigenvalue weighted by Crippen LogP contribution is -2.32. The van der Waals surface area contributed by atoms with E-state index in [1.165, 1.54) is 11.7 Å². The van der Waals surface area contributed by atoms with Crippen molar-refractivity contribution in [3.8, 4) is 17.5 Å². The van der Waals surface area contributed by atoms with Crippen LogP contribution in [0.2, 0.25) is 10.0 Å². The smallest absolute Gasteiger partial charge is 0.273 e. The van der Waals surface area contributed by atoms with Gasteiger partial charge in [-0.15, -0.1) is 11.3 Å². The molecule has 4 aromatic rings. The largest absolute Gasteiger partial charge is 0.497 e. The van der Waals surface area contributed by atoms with E-state index in [9.17, 15) is 14.9 Å². The van der Waals surface area contributed by atoms with Gasteiger partial charge in [-0.2, -0.15) is 5.26 Å². The van der Waals surface area contributed by atoms with Crippen molar-refractivity contribution in [3.05, 3.63) is 108 Å². The van der Waals surface area contributed by atoms with Crippen LogP contribution in [0.3, 0.4) is 0 Å². The summed E-state index contributed by atoms with van der Waals surface area (Å²) in [5, 5.41) is 13.5. The molecule has 1 N–H and O–H groups in total. The summed E-state index contributed by atoms with van der Waals surface area (Å²) in [7, 11) is 1.52. The maximum atomic E-state index is 13.5. The molecule has 0 spiro atoms. The number of benzene rings is 3. The number of halogens is 2. The molecule has 0 fully saturated rings. The lowest BCUT2D eigenvalue weighted by Gasteiger charge is -2.07. The van der Waals surface area contributed by atoms with Gasteiger partial charge in [0.15, 0.2) is 5.57 Å². The van der Waals surface area contributed by atoms with Gasteiger partial charge in [0.25, 0.3) is 11.5 Å². The van der Waals surface area contributed by atoms with Gasteiger partial charge in [0.2, 0.25) is 0 Å². The van der Waals surface area contributed by atoms with E-state index in [0.29, 0.717) is 37.3 Å². The second-order valence-corrected chi connectivity index (χ2v) is 9.10. The number of nitriles is 1. The van der Waals surface area contributed by atoms with Crippen molar-refractivity contribution < 1.29 is 9.53 Å². The van der Waals surface area contributed by atoms with Crippen molar-refractivity contribution in [2.45, 2.75) is 0 Å². The summed E-state index contributed by atoms with van der Waals surface area (Å²) in [6, 6.07) is 22.5. The van der Waals surface area contributed by atoms with E-state index < -0.39 is 5.91 Å². The van der Waals surface area contributed by atoms with E-state index >= 15 is 0 Å². The number of ether oxygens (including phenoxy) is 1. The van der Waals surface area contributed by atoms with E-state index in [1.54, 1.807) is 72.8 Å². The minimum atomic E-state index is -0.650. The summed E-state index contributed by atoms with van der Waals surface area (Å²) in [5.74, 6) is -0.0990. The first-order valence-corrected chi connectivity index (χ1v) is 11.8. The number of rotatable bonds is 5. The molecule has 0 radical (unpaired) electrons. The molecule has 0 unspecified atom stereocenters. The summed E-state index contributed by atoms with van der Waals surface area (Å²) in [6.45, 7) is 0. The number of aromatic nitrogens is 1. The highest BCUT2D eigenvalue weighted by Crippen LogP contribution is 2.21. The zero-order valence-electron chi connectivity index (χ0n) is 18.3. The third-order valence-electron chi connectivity index (χ3n) is 4.97. The molecule has 1 heterocycles. The fourth-order valence-corrected chi connectivity index (χ4v) is 4.87. The molecule has 3 aromatic carbocycles. The Morgan fingerprint density at radius 3 is 2.54 bits per heavy atom. The fourth-order valence-electron chi connectivity index (χ4n) is 3.31. The second-order valence-electron chi connectivity index (χ2n) is 7.23. The highest BCUT2D eigenvalue weighted by Gasteiger charge is 2.17. The monoisotopic (exact) mass is 521 g/mol. The molecule has 0 bridgehead atoms. The number of nitrogens with one attached hydrogen (secondary N) is 1. The SMILES string of the molecule is COc1cccc(NC(=O)/C(C#N)=c2\s/c(=C/c3ccc(Cl)cc3Cl)c(=O)n2-c2ccccc2)c1. The third kappa shape index (κ3) is 5.31. The number of nitrogens with zero attached hydrogens (tertiary/aromatic N) is 2. The maximum Gasteiger partial charge on any atom is 0.273 e. The van der Waals surface area contributed by atoms with Gasteiger partial charge in [-0.3, -0.25) is 14.2 Å². The van der Waals surface area contributed by atoms with Crippen molar-refractivity contribution in [1.82, 2.24) is 4.57 Å². The Hall–Kier alpha value is -3.83. The van der Waals surface area contributed by atoms with Crippen LogP contribution in [0, 0.1) is 11.3 Å². The molecule has 1 amide bonds. The highest BCUT2D eigenvalue weighted by atomic mass is 35.5. The Kier molecular flexibility index (Phi) is 7.37. The Balaban J connectivity index is 1.94. The first kappa shape index (κ1) is 24.3. The molecule has 0 aliphatic carbocycles. The number of anilines is 1. The van der Waals surface area contributed by atoms with Crippen molar-refractivity contribution in [2.24, 2.45) is 0 Å². The van der Waals surface area contributed by atoms with Gasteiger partial charge in [-0.1, -0.05) is 53.5 Å². The molecule has 9 heteroatoms. The molecule has 1 aromatic heterocycles. The second kappa shape index (κ2) is 10.6. The zero-order chi connectivity index (χ0) is 24.9. The van der Waals surface area contributed by atoms with E-state index in [0.717, 1.165) is 11.3 Å². The lowest BCUT2D eigenvalue weighted by atomic mass is 10.2. The molecule has 174 valence electrons. The summed E-state index contributed by atoms with van der Waals surface area (Å²) in [6.07, 6.45) is 1.61. The van der Waals surface area contributed by atoms with Crippen molar-refractivity contribution in [3.63, 3.8) is 0 Å². The molecular formula is C26H17Cl2N3O3S. The first-order valence-electron chi connectivity index (χ1n) is 10.2. The van der Waals surface area contributed by atoms with Crippen LogP contribution in [0.1, 0.15) is 5.56 Å². The lowest BCUT2D eigenvalue weighted by molar-refractivity contribution is -0.111. The highest BCUT2D eigenvalue weighted by molar-refractivity contribution is 7.07. The number of carbonyl (C=O) groups excluding carboxylic acids is 1. The normalized spacial score (nSPS) is 12.1. The maximum absolute atomic E-state index is 13.5. The Morgan fingerprint density at radius 1 is 1.09 bits per heavy atom. The van der Waals surface area contributed by atoms with E-state index in [2.05, 4.69) is 5.32 Å². The third-order valence-corrected chi connectivity index (χ3v) is 6.62. The average molecular weight is 522 g/mol. The van der Waals surface area contributed by atoms with Crippen LogP contribution in [-0.4, -0.2) is 17.6 Å². The first-order chi connectivity index (χ1) is 16.9. The average Bonchev–Trinajstić information content (AvgIpc) is 3.17. The van der Waals surface area contributed by atoms with E-state index in [-0.39, 0.29) is 15.8 Å². The molecular weight excluding hydrogens is 505 g/mol. The zero-order valence-corrected chi connectivity index (χ0v) is 20.6. The van der Waals surface area contributed by atoms with Crippen LogP contribution in [-0.2, 0) is 4.79 Å². The molecule has 4 rings (SSSR count).